The van der Waals surface area contributed by atoms with Crippen molar-refractivity contribution in [2.75, 3.05) is 12.4 Å². The molecule has 27 heavy (non-hydrogen) atoms. The molecule has 3 aromatic rings. The molecule has 1 aliphatic rings. The zero-order valence-electron chi connectivity index (χ0n) is 15.1. The van der Waals surface area contributed by atoms with Crippen LogP contribution in [0.5, 0.6) is 11.5 Å². The lowest BCUT2D eigenvalue weighted by molar-refractivity contribution is -0.132. The maximum atomic E-state index is 12.4. The van der Waals surface area contributed by atoms with Crippen LogP contribution in [0.1, 0.15) is 30.4 Å². The molecule has 0 bridgehead atoms. The third-order valence-corrected chi connectivity index (χ3v) is 4.83. The van der Waals surface area contributed by atoms with Gasteiger partial charge in [0.05, 0.1) is 12.8 Å². The minimum Gasteiger partial charge on any atom is -0.493 e. The molecule has 1 amide bonds. The van der Waals surface area contributed by atoms with Crippen molar-refractivity contribution in [1.82, 2.24) is 0 Å². The summed E-state index contributed by atoms with van der Waals surface area (Å²) in [5.41, 5.74) is 2.86. The van der Waals surface area contributed by atoms with E-state index in [9.17, 15) is 9.59 Å². The Morgan fingerprint density at radius 2 is 1.89 bits per heavy atom. The number of carbonyl (C=O) groups is 2. The molecule has 4 rings (SSSR count). The molecule has 1 heterocycles. The van der Waals surface area contributed by atoms with E-state index in [1.165, 1.54) is 14.0 Å². The first kappa shape index (κ1) is 17.1. The number of rotatable bonds is 3. The van der Waals surface area contributed by atoms with Crippen LogP contribution in [0, 0.1) is 0 Å². The fourth-order valence-electron chi connectivity index (χ4n) is 3.64. The van der Waals surface area contributed by atoms with Gasteiger partial charge in [-0.25, -0.2) is 0 Å². The highest BCUT2D eigenvalue weighted by Crippen LogP contribution is 2.42. The van der Waals surface area contributed by atoms with E-state index in [-0.39, 0.29) is 11.8 Å². The van der Waals surface area contributed by atoms with Crippen molar-refractivity contribution in [2.45, 2.75) is 19.3 Å². The number of carbonyl (C=O) groups excluding carboxylic acids is 2. The zero-order valence-corrected chi connectivity index (χ0v) is 15.1. The summed E-state index contributed by atoms with van der Waals surface area (Å²) in [6.45, 7) is 1.35. The lowest BCUT2D eigenvalue weighted by Crippen LogP contribution is -2.23. The van der Waals surface area contributed by atoms with E-state index in [2.05, 4.69) is 17.4 Å². The maximum Gasteiger partial charge on any atom is 0.308 e. The molecule has 0 saturated carbocycles. The van der Waals surface area contributed by atoms with Gasteiger partial charge in [-0.1, -0.05) is 42.5 Å². The second kappa shape index (κ2) is 6.76. The second-order valence-electron chi connectivity index (χ2n) is 6.56. The first-order valence-electron chi connectivity index (χ1n) is 8.74. The number of esters is 1. The zero-order chi connectivity index (χ0) is 19.0. The Bertz CT molecular complexity index is 1060. The fraction of sp³-hybridized carbons (Fsp3) is 0.182. The van der Waals surface area contributed by atoms with Crippen molar-refractivity contribution in [3.8, 4) is 11.5 Å². The van der Waals surface area contributed by atoms with E-state index in [0.29, 0.717) is 17.9 Å². The number of hydrogen-bond acceptors (Lipinski definition) is 4. The van der Waals surface area contributed by atoms with Crippen LogP contribution in [0.25, 0.3) is 10.8 Å². The molecule has 0 fully saturated rings. The summed E-state index contributed by atoms with van der Waals surface area (Å²) in [5.74, 6) is 0.309. The Kier molecular flexibility index (Phi) is 4.28. The molecule has 5 heteroatoms. The summed E-state index contributed by atoms with van der Waals surface area (Å²) in [6.07, 6.45) is 0.349. The fourth-order valence-corrected chi connectivity index (χ4v) is 3.64. The predicted octanol–water partition coefficient (Wildman–Crippen LogP) is 4.25. The monoisotopic (exact) mass is 361 g/mol. The Morgan fingerprint density at radius 3 is 2.67 bits per heavy atom. The molecule has 0 radical (unpaired) electrons. The predicted molar refractivity (Wildman–Crippen MR) is 103 cm³/mol. The minimum absolute atomic E-state index is 0.0214. The molecular formula is C22H19NO4. The second-order valence-corrected chi connectivity index (χ2v) is 6.56. The van der Waals surface area contributed by atoms with E-state index >= 15 is 0 Å². The van der Waals surface area contributed by atoms with Crippen molar-refractivity contribution in [3.63, 3.8) is 0 Å². The summed E-state index contributed by atoms with van der Waals surface area (Å²) in [5, 5.41) is 5.14. The molecule has 0 aliphatic carbocycles. The summed E-state index contributed by atoms with van der Waals surface area (Å²) < 4.78 is 10.6. The van der Waals surface area contributed by atoms with Gasteiger partial charge in [0.25, 0.3) is 0 Å². The average molecular weight is 361 g/mol. The Balaban J connectivity index is 1.83. The number of amides is 1. The van der Waals surface area contributed by atoms with Crippen LogP contribution in [-0.4, -0.2) is 19.0 Å². The van der Waals surface area contributed by atoms with Gasteiger partial charge in [0.2, 0.25) is 5.91 Å². The highest BCUT2D eigenvalue weighted by Gasteiger charge is 2.28. The van der Waals surface area contributed by atoms with Gasteiger partial charge in [0.1, 0.15) is 0 Å². The van der Waals surface area contributed by atoms with E-state index in [1.54, 1.807) is 6.07 Å². The van der Waals surface area contributed by atoms with Crippen molar-refractivity contribution >= 4 is 28.3 Å². The van der Waals surface area contributed by atoms with E-state index in [4.69, 9.17) is 9.47 Å². The van der Waals surface area contributed by atoms with Gasteiger partial charge < -0.3 is 14.8 Å². The van der Waals surface area contributed by atoms with Crippen LogP contribution in [0.2, 0.25) is 0 Å². The standard InChI is InChI=1S/C22H19NO4/c1-13(24)27-19-10-8-15(11-20(19)26-2)18-12-21(25)23-22-16-6-4-3-5-14(16)7-9-17(18)22/h3-11,18H,12H2,1-2H3,(H,23,25)/t18-/m0/s1. The van der Waals surface area contributed by atoms with Gasteiger partial charge in [0, 0.05) is 24.6 Å². The minimum atomic E-state index is -0.407. The van der Waals surface area contributed by atoms with Gasteiger partial charge in [-0.3, -0.25) is 9.59 Å². The van der Waals surface area contributed by atoms with Crippen molar-refractivity contribution < 1.29 is 19.1 Å². The van der Waals surface area contributed by atoms with E-state index < -0.39 is 5.97 Å². The number of nitrogens with one attached hydrogen (secondary N) is 1. The van der Waals surface area contributed by atoms with E-state index in [1.807, 2.05) is 36.4 Å². The molecule has 3 aromatic carbocycles. The first-order valence-corrected chi connectivity index (χ1v) is 8.74. The lowest BCUT2D eigenvalue weighted by Gasteiger charge is -2.27. The molecule has 0 aromatic heterocycles. The Labute approximate surface area is 156 Å². The molecule has 5 nitrogen and oxygen atoms in total. The van der Waals surface area contributed by atoms with Gasteiger partial charge in [-0.15, -0.1) is 0 Å². The van der Waals surface area contributed by atoms with Gasteiger partial charge >= 0.3 is 5.97 Å². The Morgan fingerprint density at radius 1 is 1.07 bits per heavy atom. The molecule has 1 atom stereocenters. The SMILES string of the molecule is COc1cc([C@@H]2CC(=O)Nc3c2ccc2ccccc32)ccc1OC(C)=O. The molecule has 0 saturated heterocycles. The molecule has 136 valence electrons. The molecular weight excluding hydrogens is 342 g/mol. The van der Waals surface area contributed by atoms with Gasteiger partial charge in [-0.05, 0) is 28.6 Å². The summed E-state index contributed by atoms with van der Waals surface area (Å²) in [7, 11) is 1.53. The number of hydrogen-bond donors (Lipinski definition) is 1. The van der Waals surface area contributed by atoms with Crippen molar-refractivity contribution in [2.24, 2.45) is 0 Å². The molecule has 0 spiro atoms. The summed E-state index contributed by atoms with van der Waals surface area (Å²) in [6, 6.07) is 17.6. The molecule has 1 N–H and O–H groups in total. The van der Waals surface area contributed by atoms with Gasteiger partial charge in [-0.2, -0.15) is 0 Å². The maximum absolute atomic E-state index is 12.4. The number of fused-ring (bicyclic) bond motifs is 3. The average Bonchev–Trinajstić information content (AvgIpc) is 2.67. The lowest BCUT2D eigenvalue weighted by atomic mass is 9.83. The molecule has 0 unspecified atom stereocenters. The highest BCUT2D eigenvalue weighted by molar-refractivity contribution is 6.06. The largest absolute Gasteiger partial charge is 0.493 e. The number of methoxy groups -OCH3 is 1. The molecule has 1 aliphatic heterocycles. The van der Waals surface area contributed by atoms with Crippen LogP contribution in [-0.2, 0) is 9.59 Å². The van der Waals surface area contributed by atoms with Crippen molar-refractivity contribution in [1.29, 1.82) is 0 Å². The van der Waals surface area contributed by atoms with Crippen molar-refractivity contribution in [3.05, 3.63) is 65.7 Å². The number of anilines is 1. The Hall–Kier alpha value is -3.34. The smallest absolute Gasteiger partial charge is 0.308 e. The topological polar surface area (TPSA) is 64.6 Å². The third kappa shape index (κ3) is 3.12. The third-order valence-electron chi connectivity index (χ3n) is 4.83. The van der Waals surface area contributed by atoms with Crippen LogP contribution >= 0.6 is 0 Å². The van der Waals surface area contributed by atoms with Crippen LogP contribution in [0.4, 0.5) is 5.69 Å². The normalized spacial score (nSPS) is 15.8. The first-order chi connectivity index (χ1) is 13.1. The van der Waals surface area contributed by atoms with Crippen LogP contribution in [0.15, 0.2) is 54.6 Å². The van der Waals surface area contributed by atoms with Gasteiger partial charge in [0.15, 0.2) is 11.5 Å². The van der Waals surface area contributed by atoms with Crippen LogP contribution in [0.3, 0.4) is 0 Å². The quantitative estimate of drug-likeness (QED) is 0.560. The summed E-state index contributed by atoms with van der Waals surface area (Å²) >= 11 is 0. The number of benzene rings is 3. The number of ether oxygens (including phenoxy) is 2. The van der Waals surface area contributed by atoms with E-state index in [0.717, 1.165) is 27.6 Å². The highest BCUT2D eigenvalue weighted by atomic mass is 16.6. The summed E-state index contributed by atoms with van der Waals surface area (Å²) in [4.78, 5) is 23.7. The van der Waals surface area contributed by atoms with Crippen LogP contribution < -0.4 is 14.8 Å².